The van der Waals surface area contributed by atoms with Gasteiger partial charge < -0.3 is 10.6 Å². The molecule has 116 valence electrons. The van der Waals surface area contributed by atoms with Gasteiger partial charge in [-0.2, -0.15) is 5.26 Å². The summed E-state index contributed by atoms with van der Waals surface area (Å²) in [6, 6.07) is 20.3. The average Bonchev–Trinajstić information content (AvgIpc) is 2.63. The Morgan fingerprint density at radius 1 is 0.958 bits per heavy atom. The van der Waals surface area contributed by atoms with Gasteiger partial charge in [-0.05, 0) is 30.3 Å². The molecule has 1 amide bonds. The standard InChI is InChI=1S/C19H14N4O/c20-11-14-6-4-5-9-18(14)23-19(24)15-10-17(13-21-12-15)22-16-7-2-1-3-8-16/h1-10,12-13,22H,(H,23,24). The first kappa shape index (κ1) is 15.3. The Morgan fingerprint density at radius 3 is 2.50 bits per heavy atom. The van der Waals surface area contributed by atoms with Crippen LogP contribution in [0, 0.1) is 11.3 Å². The van der Waals surface area contributed by atoms with E-state index in [1.807, 2.05) is 30.3 Å². The highest BCUT2D eigenvalue weighted by atomic mass is 16.1. The van der Waals surface area contributed by atoms with Crippen LogP contribution in [0.3, 0.4) is 0 Å². The maximum absolute atomic E-state index is 12.4. The van der Waals surface area contributed by atoms with Crippen molar-refractivity contribution in [1.29, 1.82) is 5.26 Å². The zero-order valence-electron chi connectivity index (χ0n) is 12.7. The third-order valence-corrected chi connectivity index (χ3v) is 3.36. The van der Waals surface area contributed by atoms with Crippen LogP contribution in [-0.2, 0) is 0 Å². The molecule has 0 radical (unpaired) electrons. The Hall–Kier alpha value is -3.65. The van der Waals surface area contributed by atoms with Crippen LogP contribution < -0.4 is 10.6 Å². The molecule has 3 aromatic rings. The molecule has 2 N–H and O–H groups in total. The van der Waals surface area contributed by atoms with Crippen molar-refractivity contribution in [2.24, 2.45) is 0 Å². The zero-order valence-corrected chi connectivity index (χ0v) is 12.7. The molecule has 2 aromatic carbocycles. The van der Waals surface area contributed by atoms with Gasteiger partial charge in [-0.1, -0.05) is 30.3 Å². The first-order valence-electron chi connectivity index (χ1n) is 7.34. The maximum Gasteiger partial charge on any atom is 0.257 e. The minimum atomic E-state index is -0.318. The van der Waals surface area contributed by atoms with Crippen molar-refractivity contribution in [3.8, 4) is 6.07 Å². The van der Waals surface area contributed by atoms with E-state index in [9.17, 15) is 4.79 Å². The summed E-state index contributed by atoms with van der Waals surface area (Å²) in [6.07, 6.45) is 3.13. The van der Waals surface area contributed by atoms with E-state index in [1.54, 1.807) is 36.5 Å². The number of rotatable bonds is 4. The predicted octanol–water partition coefficient (Wildman–Crippen LogP) is 3.95. The molecule has 0 saturated carbocycles. The molecule has 5 heteroatoms. The van der Waals surface area contributed by atoms with Crippen molar-refractivity contribution in [3.05, 3.63) is 84.2 Å². The summed E-state index contributed by atoms with van der Waals surface area (Å²) in [5, 5.41) is 15.0. The first-order valence-corrected chi connectivity index (χ1v) is 7.34. The van der Waals surface area contributed by atoms with E-state index < -0.39 is 0 Å². The van der Waals surface area contributed by atoms with E-state index in [1.165, 1.54) is 6.20 Å². The number of carbonyl (C=O) groups is 1. The van der Waals surface area contributed by atoms with E-state index in [4.69, 9.17) is 5.26 Å². The van der Waals surface area contributed by atoms with Gasteiger partial charge in [0.2, 0.25) is 0 Å². The normalized spacial score (nSPS) is 9.79. The molecule has 1 heterocycles. The van der Waals surface area contributed by atoms with Gasteiger partial charge in [0.1, 0.15) is 6.07 Å². The highest BCUT2D eigenvalue weighted by molar-refractivity contribution is 6.05. The number of nitrogens with one attached hydrogen (secondary N) is 2. The number of nitriles is 1. The monoisotopic (exact) mass is 314 g/mol. The number of carbonyl (C=O) groups excluding carboxylic acids is 1. The second-order valence-electron chi connectivity index (χ2n) is 5.06. The number of aromatic nitrogens is 1. The molecule has 0 aliphatic carbocycles. The summed E-state index contributed by atoms with van der Waals surface area (Å²) in [7, 11) is 0. The fraction of sp³-hybridized carbons (Fsp3) is 0. The van der Waals surface area contributed by atoms with Crippen LogP contribution in [-0.4, -0.2) is 10.9 Å². The fourth-order valence-electron chi connectivity index (χ4n) is 2.20. The molecule has 0 atom stereocenters. The van der Waals surface area contributed by atoms with Crippen LogP contribution >= 0.6 is 0 Å². The van der Waals surface area contributed by atoms with Crippen LogP contribution in [0.15, 0.2) is 73.1 Å². The zero-order chi connectivity index (χ0) is 16.8. The van der Waals surface area contributed by atoms with Gasteiger partial charge in [-0.25, -0.2) is 0 Å². The lowest BCUT2D eigenvalue weighted by Gasteiger charge is -2.09. The van der Waals surface area contributed by atoms with Crippen molar-refractivity contribution in [3.63, 3.8) is 0 Å². The number of pyridine rings is 1. The Bertz CT molecular complexity index is 900. The van der Waals surface area contributed by atoms with Crippen molar-refractivity contribution < 1.29 is 4.79 Å². The molecule has 0 aliphatic rings. The summed E-state index contributed by atoms with van der Waals surface area (Å²) >= 11 is 0. The van der Waals surface area contributed by atoms with Crippen LogP contribution in [0.4, 0.5) is 17.1 Å². The molecule has 24 heavy (non-hydrogen) atoms. The number of hydrogen-bond acceptors (Lipinski definition) is 4. The van der Waals surface area contributed by atoms with Gasteiger partial charge in [0.25, 0.3) is 5.91 Å². The third kappa shape index (κ3) is 3.57. The lowest BCUT2D eigenvalue weighted by molar-refractivity contribution is 0.102. The molecule has 0 saturated heterocycles. The summed E-state index contributed by atoms with van der Waals surface area (Å²) in [5.41, 5.74) is 2.92. The molecule has 1 aromatic heterocycles. The van der Waals surface area contributed by atoms with Crippen molar-refractivity contribution in [2.45, 2.75) is 0 Å². The van der Waals surface area contributed by atoms with Crippen LogP contribution in [0.1, 0.15) is 15.9 Å². The van der Waals surface area contributed by atoms with E-state index in [0.29, 0.717) is 22.5 Å². The van der Waals surface area contributed by atoms with Crippen LogP contribution in [0.25, 0.3) is 0 Å². The Labute approximate surface area is 139 Å². The second kappa shape index (κ2) is 7.07. The molecule has 0 aliphatic heterocycles. The van der Waals surface area contributed by atoms with E-state index in [2.05, 4.69) is 21.7 Å². The molecule has 3 rings (SSSR count). The number of hydrogen-bond donors (Lipinski definition) is 2. The summed E-state index contributed by atoms with van der Waals surface area (Å²) in [5.74, 6) is -0.318. The number of anilines is 3. The highest BCUT2D eigenvalue weighted by Crippen LogP contribution is 2.18. The van der Waals surface area contributed by atoms with Gasteiger partial charge in [0.05, 0.1) is 28.7 Å². The Kier molecular flexibility index (Phi) is 4.50. The lowest BCUT2D eigenvalue weighted by atomic mass is 10.2. The summed E-state index contributed by atoms with van der Waals surface area (Å²) in [6.45, 7) is 0. The number of nitrogens with zero attached hydrogens (tertiary/aromatic N) is 2. The molecule has 0 fully saturated rings. The average molecular weight is 314 g/mol. The summed E-state index contributed by atoms with van der Waals surface area (Å²) < 4.78 is 0. The molecule has 5 nitrogen and oxygen atoms in total. The Balaban J connectivity index is 1.78. The van der Waals surface area contributed by atoms with Gasteiger partial charge in [-0.15, -0.1) is 0 Å². The number of para-hydroxylation sites is 2. The SMILES string of the molecule is N#Cc1ccccc1NC(=O)c1cncc(Nc2ccccc2)c1. The van der Waals surface area contributed by atoms with Gasteiger partial charge in [-0.3, -0.25) is 9.78 Å². The van der Waals surface area contributed by atoms with Crippen LogP contribution in [0.5, 0.6) is 0 Å². The smallest absolute Gasteiger partial charge is 0.257 e. The molecule has 0 bridgehead atoms. The molecular weight excluding hydrogens is 300 g/mol. The first-order chi connectivity index (χ1) is 11.8. The lowest BCUT2D eigenvalue weighted by Crippen LogP contribution is -2.13. The molecule has 0 unspecified atom stereocenters. The van der Waals surface area contributed by atoms with Gasteiger partial charge in [0.15, 0.2) is 0 Å². The van der Waals surface area contributed by atoms with Crippen molar-refractivity contribution >= 4 is 23.0 Å². The van der Waals surface area contributed by atoms with Gasteiger partial charge >= 0.3 is 0 Å². The van der Waals surface area contributed by atoms with Crippen molar-refractivity contribution in [2.75, 3.05) is 10.6 Å². The van der Waals surface area contributed by atoms with Crippen molar-refractivity contribution in [1.82, 2.24) is 4.98 Å². The number of benzene rings is 2. The maximum atomic E-state index is 12.4. The predicted molar refractivity (Wildman–Crippen MR) is 93.1 cm³/mol. The van der Waals surface area contributed by atoms with E-state index >= 15 is 0 Å². The second-order valence-corrected chi connectivity index (χ2v) is 5.06. The van der Waals surface area contributed by atoms with E-state index in [-0.39, 0.29) is 5.91 Å². The van der Waals surface area contributed by atoms with Gasteiger partial charge in [0, 0.05) is 11.9 Å². The quantitative estimate of drug-likeness (QED) is 0.764. The fourth-order valence-corrected chi connectivity index (χ4v) is 2.20. The minimum absolute atomic E-state index is 0.318. The molecule has 0 spiro atoms. The third-order valence-electron chi connectivity index (χ3n) is 3.36. The van der Waals surface area contributed by atoms with E-state index in [0.717, 1.165) is 5.69 Å². The van der Waals surface area contributed by atoms with Crippen LogP contribution in [0.2, 0.25) is 0 Å². The minimum Gasteiger partial charge on any atom is -0.354 e. The summed E-state index contributed by atoms with van der Waals surface area (Å²) in [4.78, 5) is 16.5. The number of amides is 1. The molecular formula is C19H14N4O. The largest absolute Gasteiger partial charge is 0.354 e. The highest BCUT2D eigenvalue weighted by Gasteiger charge is 2.10. The topological polar surface area (TPSA) is 77.8 Å². The Morgan fingerprint density at radius 2 is 1.71 bits per heavy atom.